The Morgan fingerprint density at radius 2 is 2.07 bits per heavy atom. The van der Waals surface area contributed by atoms with Gasteiger partial charge in [-0.15, -0.1) is 0 Å². The summed E-state index contributed by atoms with van der Waals surface area (Å²) in [5.74, 6) is -0.584. The normalized spacial score (nSPS) is 32.1. The molecule has 2 atom stereocenters. The van der Waals surface area contributed by atoms with Crippen LogP contribution in [0.5, 0.6) is 0 Å². The Bertz CT molecular complexity index is 286. The monoisotopic (exact) mass is 212 g/mol. The number of nitrogens with zero attached hydrogens (tertiary/aromatic N) is 1. The Morgan fingerprint density at radius 3 is 2.60 bits per heavy atom. The van der Waals surface area contributed by atoms with E-state index in [2.05, 4.69) is 5.32 Å². The van der Waals surface area contributed by atoms with Crippen LogP contribution in [0.4, 0.5) is 4.79 Å². The zero-order valence-corrected chi connectivity index (χ0v) is 8.77. The molecule has 1 aliphatic carbocycles. The molecule has 0 radical (unpaired) electrons. The average molecular weight is 212 g/mol. The Labute approximate surface area is 88.4 Å². The molecule has 1 saturated carbocycles. The largest absolute Gasteiger partial charge is 0.480 e. The van der Waals surface area contributed by atoms with Gasteiger partial charge in [0.25, 0.3) is 0 Å². The molecule has 84 valence electrons. The summed E-state index contributed by atoms with van der Waals surface area (Å²) in [5.41, 5.74) is 0. The van der Waals surface area contributed by atoms with Crippen LogP contribution in [-0.4, -0.2) is 41.1 Å². The second-order valence-corrected chi connectivity index (χ2v) is 4.41. The summed E-state index contributed by atoms with van der Waals surface area (Å²) in [7, 11) is 1.68. The van der Waals surface area contributed by atoms with Crippen molar-refractivity contribution in [2.45, 2.75) is 37.8 Å². The zero-order chi connectivity index (χ0) is 11.0. The van der Waals surface area contributed by atoms with Crippen LogP contribution in [0.1, 0.15) is 25.7 Å². The van der Waals surface area contributed by atoms with E-state index in [1.165, 1.54) is 0 Å². The maximum Gasteiger partial charge on any atom is 0.328 e. The standard InChI is InChI=1S/C10H16N2O3/c1-12-8(6-4-2-3-5-6)7(9(13)14)11-10(12)15/h6-8H,2-5H2,1H3,(H,11,15)(H,13,14). The van der Waals surface area contributed by atoms with Gasteiger partial charge in [-0.3, -0.25) is 0 Å². The lowest BCUT2D eigenvalue weighted by Gasteiger charge is -2.26. The van der Waals surface area contributed by atoms with Crippen LogP contribution in [0.25, 0.3) is 0 Å². The van der Waals surface area contributed by atoms with Crippen molar-refractivity contribution in [3.05, 3.63) is 0 Å². The summed E-state index contributed by atoms with van der Waals surface area (Å²) >= 11 is 0. The van der Waals surface area contributed by atoms with Gasteiger partial charge in [-0.2, -0.15) is 0 Å². The van der Waals surface area contributed by atoms with E-state index >= 15 is 0 Å². The van der Waals surface area contributed by atoms with Crippen LogP contribution in [0, 0.1) is 5.92 Å². The lowest BCUT2D eigenvalue weighted by Crippen LogP contribution is -2.44. The van der Waals surface area contributed by atoms with Gasteiger partial charge in [0.1, 0.15) is 6.04 Å². The molecule has 2 unspecified atom stereocenters. The van der Waals surface area contributed by atoms with E-state index in [9.17, 15) is 9.59 Å². The van der Waals surface area contributed by atoms with Crippen LogP contribution >= 0.6 is 0 Å². The molecule has 0 aromatic rings. The van der Waals surface area contributed by atoms with Crippen molar-refractivity contribution < 1.29 is 14.7 Å². The first-order valence-corrected chi connectivity index (χ1v) is 5.37. The minimum atomic E-state index is -0.926. The van der Waals surface area contributed by atoms with Crippen LogP contribution in [-0.2, 0) is 4.79 Å². The number of carboxylic acid groups (broad SMARTS) is 1. The topological polar surface area (TPSA) is 69.6 Å². The van der Waals surface area contributed by atoms with Gasteiger partial charge < -0.3 is 15.3 Å². The van der Waals surface area contributed by atoms with Crippen LogP contribution in [0.15, 0.2) is 0 Å². The fraction of sp³-hybridized carbons (Fsp3) is 0.800. The maximum atomic E-state index is 11.4. The second kappa shape index (κ2) is 3.72. The maximum absolute atomic E-state index is 11.4. The molecule has 5 nitrogen and oxygen atoms in total. The molecule has 1 heterocycles. The molecule has 2 rings (SSSR count). The highest BCUT2D eigenvalue weighted by Gasteiger charge is 2.46. The first-order chi connectivity index (χ1) is 7.11. The molecule has 2 N–H and O–H groups in total. The van der Waals surface area contributed by atoms with Crippen molar-refractivity contribution in [1.82, 2.24) is 10.2 Å². The first-order valence-electron chi connectivity index (χ1n) is 5.37. The number of rotatable bonds is 2. The Balaban J connectivity index is 2.17. The fourth-order valence-electron chi connectivity index (χ4n) is 2.77. The van der Waals surface area contributed by atoms with E-state index < -0.39 is 12.0 Å². The van der Waals surface area contributed by atoms with E-state index in [1.807, 2.05) is 0 Å². The number of carbonyl (C=O) groups excluding carboxylic acids is 1. The third kappa shape index (κ3) is 1.66. The van der Waals surface area contributed by atoms with E-state index in [0.717, 1.165) is 25.7 Å². The van der Waals surface area contributed by atoms with E-state index in [4.69, 9.17) is 5.11 Å². The number of likely N-dealkylation sites (N-methyl/N-ethyl adjacent to an activating group) is 1. The van der Waals surface area contributed by atoms with Gasteiger partial charge in [0, 0.05) is 7.05 Å². The molecule has 1 aliphatic heterocycles. The minimum absolute atomic E-state index is 0.169. The quantitative estimate of drug-likeness (QED) is 0.706. The highest BCUT2D eigenvalue weighted by atomic mass is 16.4. The zero-order valence-electron chi connectivity index (χ0n) is 8.77. The molecule has 0 aromatic carbocycles. The number of hydrogen-bond donors (Lipinski definition) is 2. The average Bonchev–Trinajstić information content (AvgIpc) is 2.76. The van der Waals surface area contributed by atoms with Gasteiger partial charge in [-0.1, -0.05) is 12.8 Å². The lowest BCUT2D eigenvalue weighted by molar-refractivity contribution is -0.140. The van der Waals surface area contributed by atoms with Crippen LogP contribution < -0.4 is 5.32 Å². The summed E-state index contributed by atoms with van der Waals surface area (Å²) in [6.07, 6.45) is 4.37. The van der Waals surface area contributed by atoms with Crippen molar-refractivity contribution in [3.8, 4) is 0 Å². The molecule has 5 heteroatoms. The molecule has 2 aliphatic rings. The van der Waals surface area contributed by atoms with Crippen molar-refractivity contribution in [2.24, 2.45) is 5.92 Å². The molecule has 2 amide bonds. The number of hydrogen-bond acceptors (Lipinski definition) is 2. The molecule has 0 spiro atoms. The van der Waals surface area contributed by atoms with Crippen molar-refractivity contribution in [1.29, 1.82) is 0 Å². The highest BCUT2D eigenvalue weighted by molar-refractivity contribution is 5.87. The first kappa shape index (κ1) is 10.3. The van der Waals surface area contributed by atoms with E-state index in [-0.39, 0.29) is 12.1 Å². The number of nitrogens with one attached hydrogen (secondary N) is 1. The number of carboxylic acids is 1. The van der Waals surface area contributed by atoms with Gasteiger partial charge in [0.05, 0.1) is 6.04 Å². The van der Waals surface area contributed by atoms with Gasteiger partial charge in [-0.25, -0.2) is 9.59 Å². The Kier molecular flexibility index (Phi) is 2.54. The van der Waals surface area contributed by atoms with Crippen molar-refractivity contribution in [3.63, 3.8) is 0 Å². The number of urea groups is 1. The number of carbonyl (C=O) groups is 2. The molecule has 2 fully saturated rings. The van der Waals surface area contributed by atoms with Crippen molar-refractivity contribution in [2.75, 3.05) is 7.05 Å². The molecule has 1 saturated heterocycles. The minimum Gasteiger partial charge on any atom is -0.480 e. The van der Waals surface area contributed by atoms with Crippen LogP contribution in [0.2, 0.25) is 0 Å². The predicted octanol–water partition coefficient (Wildman–Crippen LogP) is 0.653. The van der Waals surface area contributed by atoms with Gasteiger partial charge in [0.15, 0.2) is 0 Å². The fourth-order valence-corrected chi connectivity index (χ4v) is 2.77. The molecular formula is C10H16N2O3. The Hall–Kier alpha value is -1.26. The lowest BCUT2D eigenvalue weighted by atomic mass is 9.92. The molecule has 15 heavy (non-hydrogen) atoms. The van der Waals surface area contributed by atoms with Crippen molar-refractivity contribution >= 4 is 12.0 Å². The van der Waals surface area contributed by atoms with Crippen LogP contribution in [0.3, 0.4) is 0 Å². The smallest absolute Gasteiger partial charge is 0.328 e. The Morgan fingerprint density at radius 1 is 1.47 bits per heavy atom. The molecular weight excluding hydrogens is 196 g/mol. The summed E-state index contributed by atoms with van der Waals surface area (Å²) in [6, 6.07) is -1.16. The predicted molar refractivity (Wildman–Crippen MR) is 53.5 cm³/mol. The summed E-state index contributed by atoms with van der Waals surface area (Å²) < 4.78 is 0. The third-order valence-corrected chi connectivity index (χ3v) is 3.54. The van der Waals surface area contributed by atoms with E-state index in [0.29, 0.717) is 5.92 Å². The third-order valence-electron chi connectivity index (χ3n) is 3.54. The molecule has 0 aromatic heterocycles. The van der Waals surface area contributed by atoms with E-state index in [1.54, 1.807) is 11.9 Å². The number of amides is 2. The highest BCUT2D eigenvalue weighted by Crippen LogP contribution is 2.33. The summed E-state index contributed by atoms with van der Waals surface area (Å²) in [6.45, 7) is 0. The summed E-state index contributed by atoms with van der Waals surface area (Å²) in [4.78, 5) is 24.0. The van der Waals surface area contributed by atoms with Gasteiger partial charge in [0.2, 0.25) is 0 Å². The summed E-state index contributed by atoms with van der Waals surface area (Å²) in [5, 5.41) is 11.6. The van der Waals surface area contributed by atoms with Gasteiger partial charge in [-0.05, 0) is 18.8 Å². The number of aliphatic carboxylic acids is 1. The molecule has 0 bridgehead atoms. The second-order valence-electron chi connectivity index (χ2n) is 4.41. The SMILES string of the molecule is CN1C(=O)NC(C(=O)O)C1C1CCCC1. The van der Waals surface area contributed by atoms with Gasteiger partial charge >= 0.3 is 12.0 Å².